The lowest BCUT2D eigenvalue weighted by atomic mass is 10.1. The summed E-state index contributed by atoms with van der Waals surface area (Å²) in [6, 6.07) is 11.5. The van der Waals surface area contributed by atoms with Crippen molar-refractivity contribution in [2.45, 2.75) is 19.1 Å². The van der Waals surface area contributed by atoms with Crippen LogP contribution in [0.3, 0.4) is 0 Å². The number of aliphatic hydroxyl groups excluding tert-OH is 2. The van der Waals surface area contributed by atoms with Gasteiger partial charge in [0.15, 0.2) is 0 Å². The Labute approximate surface area is 145 Å². The highest BCUT2D eigenvalue weighted by atomic mass is 19.1. The summed E-state index contributed by atoms with van der Waals surface area (Å²) in [5.74, 6) is -0.782. The van der Waals surface area contributed by atoms with Gasteiger partial charge in [-0.3, -0.25) is 9.69 Å². The maximum atomic E-state index is 13.4. The van der Waals surface area contributed by atoms with E-state index in [2.05, 4.69) is 10.2 Å². The number of hydrogen-bond acceptors (Lipinski definition) is 4. The molecule has 2 aromatic carbocycles. The van der Waals surface area contributed by atoms with Crippen molar-refractivity contribution in [3.63, 3.8) is 0 Å². The third kappa shape index (κ3) is 4.42. The van der Waals surface area contributed by atoms with Crippen LogP contribution in [0.4, 0.5) is 10.1 Å². The van der Waals surface area contributed by atoms with Gasteiger partial charge in [0.25, 0.3) is 5.91 Å². The van der Waals surface area contributed by atoms with Gasteiger partial charge >= 0.3 is 0 Å². The molecule has 1 aliphatic heterocycles. The van der Waals surface area contributed by atoms with Gasteiger partial charge < -0.3 is 15.5 Å². The minimum atomic E-state index is -0.501. The van der Waals surface area contributed by atoms with E-state index in [0.717, 1.165) is 18.5 Å². The Kier molecular flexibility index (Phi) is 5.43. The summed E-state index contributed by atoms with van der Waals surface area (Å²) in [7, 11) is 0. The number of amides is 1. The van der Waals surface area contributed by atoms with Gasteiger partial charge in [-0.25, -0.2) is 4.39 Å². The number of hydrogen-bond donors (Lipinski definition) is 3. The Balaban J connectivity index is 1.62. The van der Waals surface area contributed by atoms with Crippen molar-refractivity contribution in [2.75, 3.05) is 25.0 Å². The van der Waals surface area contributed by atoms with Crippen molar-refractivity contribution in [3.05, 3.63) is 65.0 Å². The Morgan fingerprint density at radius 2 is 2.04 bits per heavy atom. The van der Waals surface area contributed by atoms with Crippen molar-refractivity contribution in [1.29, 1.82) is 0 Å². The van der Waals surface area contributed by atoms with E-state index in [1.807, 2.05) is 18.2 Å². The number of anilines is 1. The summed E-state index contributed by atoms with van der Waals surface area (Å²) in [5.41, 5.74) is 2.15. The molecule has 1 aliphatic rings. The summed E-state index contributed by atoms with van der Waals surface area (Å²) in [4.78, 5) is 14.5. The van der Waals surface area contributed by atoms with E-state index in [9.17, 15) is 14.3 Å². The van der Waals surface area contributed by atoms with Crippen LogP contribution in [0.25, 0.3) is 0 Å². The quantitative estimate of drug-likeness (QED) is 0.747. The van der Waals surface area contributed by atoms with E-state index < -0.39 is 12.4 Å². The summed E-state index contributed by atoms with van der Waals surface area (Å²) >= 11 is 0. The fourth-order valence-electron chi connectivity index (χ4n) is 2.86. The lowest BCUT2D eigenvalue weighted by Gasteiger charge is -2.35. The number of rotatable bonds is 6. The molecule has 0 saturated carbocycles. The monoisotopic (exact) mass is 344 g/mol. The minimum absolute atomic E-state index is 0.142. The highest BCUT2D eigenvalue weighted by Crippen LogP contribution is 2.17. The first-order valence-electron chi connectivity index (χ1n) is 8.25. The molecule has 5 nitrogen and oxygen atoms in total. The Hall–Kier alpha value is -2.28. The van der Waals surface area contributed by atoms with Crippen molar-refractivity contribution in [3.8, 4) is 0 Å². The lowest BCUT2D eigenvalue weighted by molar-refractivity contribution is 0.00310. The SMILES string of the molecule is O=C(Nc1ccc(F)c(CO)c1)c1cccc(CCN2CC(O)C2)c1. The second-order valence-electron chi connectivity index (χ2n) is 6.28. The molecule has 3 N–H and O–H groups in total. The van der Waals surface area contributed by atoms with Crippen LogP contribution in [0.15, 0.2) is 42.5 Å². The standard InChI is InChI=1S/C19H21FN2O3/c20-18-5-4-16(9-15(18)12-23)21-19(25)14-3-1-2-13(8-14)6-7-22-10-17(24)11-22/h1-5,8-9,17,23-24H,6-7,10-12H2,(H,21,25). The number of halogens is 1. The lowest BCUT2D eigenvalue weighted by Crippen LogP contribution is -2.51. The number of nitrogens with zero attached hydrogens (tertiary/aromatic N) is 1. The number of likely N-dealkylation sites (tertiary alicyclic amines) is 1. The van der Waals surface area contributed by atoms with Gasteiger partial charge in [-0.1, -0.05) is 12.1 Å². The molecule has 2 aromatic rings. The average Bonchev–Trinajstić information content (AvgIpc) is 2.59. The van der Waals surface area contributed by atoms with Gasteiger partial charge in [-0.15, -0.1) is 0 Å². The molecule has 3 rings (SSSR count). The van der Waals surface area contributed by atoms with Gasteiger partial charge in [-0.05, 0) is 42.3 Å². The molecular formula is C19H21FN2O3. The third-order valence-corrected chi connectivity index (χ3v) is 4.32. The number of carbonyl (C=O) groups is 1. The largest absolute Gasteiger partial charge is 0.392 e. The highest BCUT2D eigenvalue weighted by Gasteiger charge is 2.23. The van der Waals surface area contributed by atoms with Crippen molar-refractivity contribution < 1.29 is 19.4 Å². The zero-order valence-corrected chi connectivity index (χ0v) is 13.8. The van der Waals surface area contributed by atoms with E-state index >= 15 is 0 Å². The van der Waals surface area contributed by atoms with E-state index in [4.69, 9.17) is 5.11 Å². The zero-order valence-electron chi connectivity index (χ0n) is 13.8. The van der Waals surface area contributed by atoms with Gasteiger partial charge in [0, 0.05) is 36.4 Å². The highest BCUT2D eigenvalue weighted by molar-refractivity contribution is 6.04. The summed E-state index contributed by atoms with van der Waals surface area (Å²) < 4.78 is 13.4. The maximum absolute atomic E-state index is 13.4. The molecule has 0 bridgehead atoms. The van der Waals surface area contributed by atoms with Crippen LogP contribution in [0.1, 0.15) is 21.5 Å². The van der Waals surface area contributed by atoms with Crippen LogP contribution in [0.2, 0.25) is 0 Å². The minimum Gasteiger partial charge on any atom is -0.392 e. The van der Waals surface area contributed by atoms with E-state index in [1.54, 1.807) is 6.07 Å². The summed E-state index contributed by atoms with van der Waals surface area (Å²) in [5, 5.41) is 21.1. The second kappa shape index (κ2) is 7.74. The number of β-amino-alcohol motifs (C(OH)–C–C–N with tert-alkyl or cyclic N) is 1. The summed E-state index contributed by atoms with van der Waals surface area (Å²) in [6.45, 7) is 1.84. The van der Waals surface area contributed by atoms with E-state index in [0.29, 0.717) is 24.3 Å². The second-order valence-corrected chi connectivity index (χ2v) is 6.28. The average molecular weight is 344 g/mol. The van der Waals surface area contributed by atoms with Crippen molar-refractivity contribution in [2.24, 2.45) is 0 Å². The third-order valence-electron chi connectivity index (χ3n) is 4.32. The predicted octanol–water partition coefficient (Wildman–Crippen LogP) is 1.79. The first kappa shape index (κ1) is 17.5. The fourth-order valence-corrected chi connectivity index (χ4v) is 2.86. The fraction of sp³-hybridized carbons (Fsp3) is 0.316. The van der Waals surface area contributed by atoms with Gasteiger partial charge in [0.05, 0.1) is 12.7 Å². The number of aliphatic hydroxyl groups is 2. The molecule has 1 fully saturated rings. The number of carbonyl (C=O) groups excluding carboxylic acids is 1. The van der Waals surface area contributed by atoms with Crippen molar-refractivity contribution in [1.82, 2.24) is 4.90 Å². The molecule has 0 atom stereocenters. The Morgan fingerprint density at radius 3 is 2.76 bits per heavy atom. The molecule has 1 saturated heterocycles. The van der Waals surface area contributed by atoms with E-state index in [1.165, 1.54) is 18.2 Å². The molecule has 6 heteroatoms. The van der Waals surface area contributed by atoms with Crippen LogP contribution in [-0.2, 0) is 13.0 Å². The predicted molar refractivity (Wildman–Crippen MR) is 92.9 cm³/mol. The van der Waals surface area contributed by atoms with Crippen LogP contribution in [0, 0.1) is 5.82 Å². The topological polar surface area (TPSA) is 72.8 Å². The van der Waals surface area contributed by atoms with Crippen molar-refractivity contribution >= 4 is 11.6 Å². The zero-order chi connectivity index (χ0) is 17.8. The van der Waals surface area contributed by atoms with E-state index in [-0.39, 0.29) is 17.6 Å². The molecule has 0 aliphatic carbocycles. The molecule has 0 aromatic heterocycles. The molecule has 0 unspecified atom stereocenters. The van der Waals surface area contributed by atoms with Crippen LogP contribution in [0.5, 0.6) is 0 Å². The number of benzene rings is 2. The van der Waals surface area contributed by atoms with Gasteiger partial charge in [0.1, 0.15) is 5.82 Å². The normalized spacial score (nSPS) is 15.0. The summed E-state index contributed by atoms with van der Waals surface area (Å²) in [6.07, 6.45) is 0.593. The van der Waals surface area contributed by atoms with Gasteiger partial charge in [-0.2, -0.15) is 0 Å². The Bertz CT molecular complexity index is 760. The first-order valence-corrected chi connectivity index (χ1v) is 8.25. The molecule has 1 amide bonds. The molecule has 0 spiro atoms. The Morgan fingerprint density at radius 1 is 1.24 bits per heavy atom. The number of nitrogens with one attached hydrogen (secondary N) is 1. The molecular weight excluding hydrogens is 323 g/mol. The first-order chi connectivity index (χ1) is 12.0. The van der Waals surface area contributed by atoms with Gasteiger partial charge in [0.2, 0.25) is 0 Å². The smallest absolute Gasteiger partial charge is 0.255 e. The van der Waals surface area contributed by atoms with Crippen LogP contribution in [-0.4, -0.2) is 46.8 Å². The molecule has 132 valence electrons. The van der Waals surface area contributed by atoms with Crippen LogP contribution >= 0.6 is 0 Å². The maximum Gasteiger partial charge on any atom is 0.255 e. The molecule has 1 heterocycles. The van der Waals surface area contributed by atoms with Crippen LogP contribution < -0.4 is 5.32 Å². The molecule has 0 radical (unpaired) electrons. The molecule has 25 heavy (non-hydrogen) atoms.